The Kier molecular flexibility index (Phi) is 3.82. The van der Waals surface area contributed by atoms with Gasteiger partial charge in [0.25, 0.3) is 0 Å². The zero-order valence-corrected chi connectivity index (χ0v) is 11.1. The predicted octanol–water partition coefficient (Wildman–Crippen LogP) is 1.98. The second kappa shape index (κ2) is 5.20. The number of hydrogen-bond acceptors (Lipinski definition) is 4. The quantitative estimate of drug-likeness (QED) is 0.859. The monoisotopic (exact) mass is 268 g/mol. The molecule has 1 fully saturated rings. The first-order chi connectivity index (χ1) is 8.49. The van der Waals surface area contributed by atoms with Gasteiger partial charge in [-0.15, -0.1) is 10.2 Å². The second-order valence-electron chi connectivity index (χ2n) is 5.05. The Hall–Kier alpha value is -1.20. The van der Waals surface area contributed by atoms with Crippen molar-refractivity contribution in [1.29, 1.82) is 0 Å². The topological polar surface area (TPSA) is 80.9 Å². The summed E-state index contributed by atoms with van der Waals surface area (Å²) in [6, 6.07) is 3.19. The maximum Gasteiger partial charge on any atom is 0.245 e. The number of rotatable bonds is 2. The van der Waals surface area contributed by atoms with Crippen LogP contribution in [0.5, 0.6) is 0 Å². The van der Waals surface area contributed by atoms with Crippen LogP contribution < -0.4 is 11.1 Å². The Morgan fingerprint density at radius 3 is 2.94 bits per heavy atom. The number of nitrogens with two attached hydrogens (primary N) is 1. The van der Waals surface area contributed by atoms with Crippen molar-refractivity contribution in [3.8, 4) is 0 Å². The Bertz CT molecular complexity index is 436. The molecule has 1 aromatic heterocycles. The van der Waals surface area contributed by atoms with Gasteiger partial charge in [-0.2, -0.15) is 0 Å². The predicted molar refractivity (Wildman–Crippen MR) is 70.2 cm³/mol. The number of carbonyl (C=O) groups is 1. The van der Waals surface area contributed by atoms with Crippen molar-refractivity contribution >= 4 is 23.3 Å². The van der Waals surface area contributed by atoms with E-state index in [9.17, 15) is 4.79 Å². The Labute approximate surface area is 111 Å². The summed E-state index contributed by atoms with van der Waals surface area (Å²) in [6.07, 6.45) is 3.54. The third-order valence-electron chi connectivity index (χ3n) is 3.36. The number of nitrogens with one attached hydrogen (secondary N) is 1. The van der Waals surface area contributed by atoms with Gasteiger partial charge in [-0.05, 0) is 30.9 Å². The first-order valence-corrected chi connectivity index (χ1v) is 6.47. The minimum Gasteiger partial charge on any atom is -0.317 e. The SMILES string of the molecule is CC1CCCC(N)(C(=O)Nc2ccc(Cl)nn2)C1. The van der Waals surface area contributed by atoms with Crippen molar-refractivity contribution < 1.29 is 4.79 Å². The van der Waals surface area contributed by atoms with Gasteiger partial charge in [0, 0.05) is 0 Å². The first-order valence-electron chi connectivity index (χ1n) is 6.09. The molecule has 0 aromatic carbocycles. The van der Waals surface area contributed by atoms with Crippen molar-refractivity contribution in [2.45, 2.75) is 38.1 Å². The van der Waals surface area contributed by atoms with Crippen molar-refractivity contribution in [1.82, 2.24) is 10.2 Å². The van der Waals surface area contributed by atoms with E-state index in [1.54, 1.807) is 12.1 Å². The zero-order chi connectivity index (χ0) is 13.2. The van der Waals surface area contributed by atoms with E-state index in [1.165, 1.54) is 0 Å². The number of amides is 1. The summed E-state index contributed by atoms with van der Waals surface area (Å²) in [4.78, 5) is 12.2. The van der Waals surface area contributed by atoms with Gasteiger partial charge in [-0.1, -0.05) is 31.4 Å². The highest BCUT2D eigenvalue weighted by Crippen LogP contribution is 2.31. The lowest BCUT2D eigenvalue weighted by Gasteiger charge is -2.35. The van der Waals surface area contributed by atoms with Crippen LogP contribution in [-0.4, -0.2) is 21.6 Å². The highest BCUT2D eigenvalue weighted by atomic mass is 35.5. The van der Waals surface area contributed by atoms with E-state index < -0.39 is 5.54 Å². The van der Waals surface area contributed by atoms with Crippen LogP contribution in [0, 0.1) is 5.92 Å². The van der Waals surface area contributed by atoms with Crippen LogP contribution in [0.1, 0.15) is 32.6 Å². The third kappa shape index (κ3) is 2.97. The Balaban J connectivity index is 2.04. The van der Waals surface area contributed by atoms with Crippen LogP contribution in [0.25, 0.3) is 0 Å². The fourth-order valence-corrected chi connectivity index (χ4v) is 2.52. The maximum absolute atomic E-state index is 12.2. The summed E-state index contributed by atoms with van der Waals surface area (Å²) in [5.74, 6) is 0.670. The number of aromatic nitrogens is 2. The van der Waals surface area contributed by atoms with Gasteiger partial charge in [0.05, 0.1) is 5.54 Å². The fraction of sp³-hybridized carbons (Fsp3) is 0.583. The van der Waals surface area contributed by atoms with E-state index in [4.69, 9.17) is 17.3 Å². The number of carbonyl (C=O) groups excluding carboxylic acids is 1. The molecule has 3 N–H and O–H groups in total. The molecular weight excluding hydrogens is 252 g/mol. The van der Waals surface area contributed by atoms with Crippen LogP contribution in [0.4, 0.5) is 5.82 Å². The van der Waals surface area contributed by atoms with E-state index in [1.807, 2.05) is 0 Å². The Morgan fingerprint density at radius 1 is 1.56 bits per heavy atom. The molecule has 0 saturated heterocycles. The minimum absolute atomic E-state index is 0.189. The van der Waals surface area contributed by atoms with Crippen LogP contribution in [0.3, 0.4) is 0 Å². The maximum atomic E-state index is 12.2. The van der Waals surface area contributed by atoms with E-state index in [-0.39, 0.29) is 5.91 Å². The highest BCUT2D eigenvalue weighted by molar-refractivity contribution is 6.29. The molecule has 1 amide bonds. The van der Waals surface area contributed by atoms with E-state index in [0.29, 0.717) is 29.7 Å². The molecule has 0 radical (unpaired) electrons. The number of anilines is 1. The van der Waals surface area contributed by atoms with Crippen LogP contribution >= 0.6 is 11.6 Å². The summed E-state index contributed by atoms with van der Waals surface area (Å²) < 4.78 is 0. The molecule has 1 aromatic rings. The van der Waals surface area contributed by atoms with Crippen LogP contribution in [0.2, 0.25) is 5.15 Å². The van der Waals surface area contributed by atoms with Gasteiger partial charge in [0.15, 0.2) is 11.0 Å². The average Bonchev–Trinajstić information content (AvgIpc) is 2.32. The minimum atomic E-state index is -0.793. The fourth-order valence-electron chi connectivity index (χ4n) is 2.42. The van der Waals surface area contributed by atoms with Gasteiger partial charge in [-0.3, -0.25) is 4.79 Å². The van der Waals surface area contributed by atoms with Gasteiger partial charge >= 0.3 is 0 Å². The number of halogens is 1. The molecule has 1 saturated carbocycles. The standard InChI is InChI=1S/C12H17ClN4O/c1-8-3-2-6-12(14,7-8)11(18)15-10-5-4-9(13)16-17-10/h4-5,8H,2-3,6-7,14H2,1H3,(H,15,17,18). The van der Waals surface area contributed by atoms with Crippen LogP contribution in [-0.2, 0) is 4.79 Å². The molecule has 0 aliphatic heterocycles. The summed E-state index contributed by atoms with van der Waals surface area (Å²) >= 11 is 5.63. The summed E-state index contributed by atoms with van der Waals surface area (Å²) in [6.45, 7) is 2.12. The molecule has 0 spiro atoms. The lowest BCUT2D eigenvalue weighted by atomic mass is 9.76. The number of nitrogens with zero attached hydrogens (tertiary/aromatic N) is 2. The average molecular weight is 269 g/mol. The normalized spacial score (nSPS) is 27.8. The molecule has 1 aliphatic carbocycles. The molecule has 98 valence electrons. The van der Waals surface area contributed by atoms with E-state index >= 15 is 0 Å². The van der Waals surface area contributed by atoms with Gasteiger partial charge in [0.2, 0.25) is 5.91 Å². The third-order valence-corrected chi connectivity index (χ3v) is 3.56. The molecule has 18 heavy (non-hydrogen) atoms. The Morgan fingerprint density at radius 2 is 2.33 bits per heavy atom. The van der Waals surface area contributed by atoms with Crippen molar-refractivity contribution in [3.63, 3.8) is 0 Å². The summed E-state index contributed by atoms with van der Waals surface area (Å²) in [5, 5.41) is 10.5. The number of hydrogen-bond donors (Lipinski definition) is 2. The summed E-state index contributed by atoms with van der Waals surface area (Å²) in [5.41, 5.74) is 5.39. The molecular formula is C12H17ClN4O. The molecule has 2 atom stereocenters. The molecule has 2 rings (SSSR count). The van der Waals surface area contributed by atoms with Crippen molar-refractivity contribution in [2.24, 2.45) is 11.7 Å². The molecule has 6 heteroatoms. The van der Waals surface area contributed by atoms with E-state index in [2.05, 4.69) is 22.4 Å². The zero-order valence-electron chi connectivity index (χ0n) is 10.3. The van der Waals surface area contributed by atoms with Crippen molar-refractivity contribution in [2.75, 3.05) is 5.32 Å². The highest BCUT2D eigenvalue weighted by Gasteiger charge is 2.38. The molecule has 1 heterocycles. The largest absolute Gasteiger partial charge is 0.317 e. The molecule has 5 nitrogen and oxygen atoms in total. The first kappa shape index (κ1) is 13.2. The smallest absolute Gasteiger partial charge is 0.245 e. The van der Waals surface area contributed by atoms with Gasteiger partial charge in [0.1, 0.15) is 0 Å². The van der Waals surface area contributed by atoms with Gasteiger partial charge in [-0.25, -0.2) is 0 Å². The molecule has 1 aliphatic rings. The van der Waals surface area contributed by atoms with E-state index in [0.717, 1.165) is 12.8 Å². The molecule has 2 unspecified atom stereocenters. The van der Waals surface area contributed by atoms with Crippen molar-refractivity contribution in [3.05, 3.63) is 17.3 Å². The summed E-state index contributed by atoms with van der Waals surface area (Å²) in [7, 11) is 0. The van der Waals surface area contributed by atoms with Crippen LogP contribution in [0.15, 0.2) is 12.1 Å². The molecule has 0 bridgehead atoms. The lowest BCUT2D eigenvalue weighted by Crippen LogP contribution is -2.53. The lowest BCUT2D eigenvalue weighted by molar-refractivity contribution is -0.122. The second-order valence-corrected chi connectivity index (χ2v) is 5.44. The van der Waals surface area contributed by atoms with Gasteiger partial charge < -0.3 is 11.1 Å².